The number of nitrogens with zero attached hydrogens (tertiary/aromatic N) is 1. The SMILES string of the molecule is O=C[C@@H](Br)c1ccc(F)cn1. The van der Waals surface area contributed by atoms with Gasteiger partial charge in [-0.25, -0.2) is 4.39 Å². The minimum absolute atomic E-state index is 0.403. The molecule has 1 aromatic heterocycles. The number of pyridine rings is 1. The Hall–Kier alpha value is -0.770. The summed E-state index contributed by atoms with van der Waals surface area (Å²) in [5, 5.41) is 0. The highest BCUT2D eigenvalue weighted by Crippen LogP contribution is 2.16. The van der Waals surface area contributed by atoms with Crippen LogP contribution in [0.25, 0.3) is 0 Å². The highest BCUT2D eigenvalue weighted by Gasteiger charge is 2.05. The number of carbonyl (C=O) groups excluding carboxylic acids is 1. The molecule has 4 heteroatoms. The summed E-state index contributed by atoms with van der Waals surface area (Å²) in [7, 11) is 0. The number of aromatic nitrogens is 1. The van der Waals surface area contributed by atoms with Gasteiger partial charge in [0, 0.05) is 0 Å². The van der Waals surface area contributed by atoms with E-state index in [9.17, 15) is 9.18 Å². The van der Waals surface area contributed by atoms with E-state index < -0.39 is 10.6 Å². The Morgan fingerprint density at radius 2 is 2.36 bits per heavy atom. The first-order valence-corrected chi connectivity index (χ1v) is 3.86. The molecule has 0 radical (unpaired) electrons. The quantitative estimate of drug-likeness (QED) is 0.560. The molecule has 0 fully saturated rings. The Balaban J connectivity index is 2.89. The van der Waals surface area contributed by atoms with Gasteiger partial charge in [-0.3, -0.25) is 4.98 Å². The van der Waals surface area contributed by atoms with E-state index in [4.69, 9.17) is 0 Å². The molecule has 0 spiro atoms. The first kappa shape index (κ1) is 8.33. The van der Waals surface area contributed by atoms with Gasteiger partial charge in [0.15, 0.2) is 0 Å². The van der Waals surface area contributed by atoms with Gasteiger partial charge in [-0.1, -0.05) is 15.9 Å². The number of aldehydes is 1. The lowest BCUT2D eigenvalue weighted by atomic mass is 10.3. The number of carbonyl (C=O) groups is 1. The van der Waals surface area contributed by atoms with Crippen molar-refractivity contribution in [1.29, 1.82) is 0 Å². The van der Waals surface area contributed by atoms with Crippen LogP contribution < -0.4 is 0 Å². The van der Waals surface area contributed by atoms with E-state index >= 15 is 0 Å². The van der Waals surface area contributed by atoms with Crippen molar-refractivity contribution in [2.24, 2.45) is 0 Å². The van der Waals surface area contributed by atoms with Crippen molar-refractivity contribution < 1.29 is 9.18 Å². The zero-order valence-electron chi connectivity index (χ0n) is 5.50. The molecule has 11 heavy (non-hydrogen) atoms. The average molecular weight is 218 g/mol. The van der Waals surface area contributed by atoms with Crippen molar-refractivity contribution in [3.05, 3.63) is 29.8 Å². The van der Waals surface area contributed by atoms with Gasteiger partial charge in [0.05, 0.1) is 11.9 Å². The maximum Gasteiger partial charge on any atom is 0.141 e. The van der Waals surface area contributed by atoms with Crippen LogP contribution in [-0.2, 0) is 4.79 Å². The topological polar surface area (TPSA) is 30.0 Å². The van der Waals surface area contributed by atoms with E-state index in [0.717, 1.165) is 6.20 Å². The molecule has 1 atom stereocenters. The second-order valence-corrected chi connectivity index (χ2v) is 2.93. The van der Waals surface area contributed by atoms with Crippen LogP contribution in [0.2, 0.25) is 0 Å². The van der Waals surface area contributed by atoms with Crippen molar-refractivity contribution in [2.75, 3.05) is 0 Å². The molecule has 0 aliphatic heterocycles. The molecule has 0 unspecified atom stereocenters. The first-order valence-electron chi connectivity index (χ1n) is 2.95. The van der Waals surface area contributed by atoms with Gasteiger partial charge in [-0.2, -0.15) is 0 Å². The molecule has 0 aliphatic carbocycles. The molecular formula is C7H5BrFNO. The van der Waals surface area contributed by atoms with Crippen LogP contribution >= 0.6 is 15.9 Å². The summed E-state index contributed by atoms with van der Waals surface area (Å²) >= 11 is 3.06. The smallest absolute Gasteiger partial charge is 0.141 e. The van der Waals surface area contributed by atoms with E-state index in [1.54, 1.807) is 0 Å². The molecule has 0 saturated heterocycles. The molecule has 0 N–H and O–H groups in total. The molecule has 1 heterocycles. The van der Waals surface area contributed by atoms with Crippen molar-refractivity contribution >= 4 is 22.2 Å². The summed E-state index contributed by atoms with van der Waals surface area (Å²) in [6.45, 7) is 0. The third-order valence-corrected chi connectivity index (χ3v) is 1.84. The molecule has 0 amide bonds. The summed E-state index contributed by atoms with van der Waals surface area (Å²) in [5.74, 6) is -0.403. The van der Waals surface area contributed by atoms with Crippen LogP contribution in [-0.4, -0.2) is 11.3 Å². The Morgan fingerprint density at radius 3 is 2.82 bits per heavy atom. The fourth-order valence-corrected chi connectivity index (χ4v) is 0.891. The summed E-state index contributed by atoms with van der Waals surface area (Å²) in [6, 6.07) is 2.73. The van der Waals surface area contributed by atoms with Crippen LogP contribution in [0.3, 0.4) is 0 Å². The normalized spacial score (nSPS) is 12.5. The van der Waals surface area contributed by atoms with E-state index in [-0.39, 0.29) is 0 Å². The van der Waals surface area contributed by atoms with Gasteiger partial charge in [0.1, 0.15) is 16.9 Å². The number of rotatable bonds is 2. The maximum atomic E-state index is 12.3. The Kier molecular flexibility index (Phi) is 2.70. The summed E-state index contributed by atoms with van der Waals surface area (Å²) in [5.41, 5.74) is 0.515. The fourth-order valence-electron chi connectivity index (χ4n) is 0.620. The van der Waals surface area contributed by atoms with E-state index in [1.165, 1.54) is 12.1 Å². The van der Waals surface area contributed by atoms with Gasteiger partial charge >= 0.3 is 0 Å². The first-order chi connectivity index (χ1) is 5.24. The van der Waals surface area contributed by atoms with Crippen LogP contribution in [0.5, 0.6) is 0 Å². The zero-order chi connectivity index (χ0) is 8.27. The molecule has 2 nitrogen and oxygen atoms in total. The molecular weight excluding hydrogens is 213 g/mol. The van der Waals surface area contributed by atoms with Gasteiger partial charge in [-0.05, 0) is 12.1 Å². The fraction of sp³-hybridized carbons (Fsp3) is 0.143. The van der Waals surface area contributed by atoms with Gasteiger partial charge in [0.2, 0.25) is 0 Å². The largest absolute Gasteiger partial charge is 0.302 e. The lowest BCUT2D eigenvalue weighted by Gasteiger charge is -1.98. The van der Waals surface area contributed by atoms with Crippen molar-refractivity contribution in [3.8, 4) is 0 Å². The number of hydrogen-bond donors (Lipinski definition) is 0. The Bertz CT molecular complexity index is 249. The van der Waals surface area contributed by atoms with Gasteiger partial charge < -0.3 is 4.79 Å². The number of alkyl halides is 1. The third kappa shape index (κ3) is 2.08. The molecule has 1 rings (SSSR count). The predicted octanol–water partition coefficient (Wildman–Crippen LogP) is 1.86. The average Bonchev–Trinajstić information content (AvgIpc) is 2.05. The summed E-state index contributed by atoms with van der Waals surface area (Å²) < 4.78 is 12.3. The number of hydrogen-bond acceptors (Lipinski definition) is 2. The van der Waals surface area contributed by atoms with Crippen LogP contribution in [0.1, 0.15) is 10.5 Å². The monoisotopic (exact) mass is 217 g/mol. The minimum Gasteiger partial charge on any atom is -0.302 e. The lowest BCUT2D eigenvalue weighted by Crippen LogP contribution is -1.94. The highest BCUT2D eigenvalue weighted by molar-refractivity contribution is 9.09. The van der Waals surface area contributed by atoms with Crippen LogP contribution in [0, 0.1) is 5.82 Å². The third-order valence-electron chi connectivity index (χ3n) is 1.15. The van der Waals surface area contributed by atoms with E-state index in [1.807, 2.05) is 0 Å². The predicted molar refractivity (Wildman–Crippen MR) is 41.9 cm³/mol. The lowest BCUT2D eigenvalue weighted by molar-refractivity contribution is -0.107. The molecule has 0 aliphatic rings. The standard InChI is InChI=1S/C7H5BrFNO/c8-6(4-11)7-2-1-5(9)3-10-7/h1-4,6H/t6-/m1/s1. The highest BCUT2D eigenvalue weighted by atomic mass is 79.9. The maximum absolute atomic E-state index is 12.3. The Morgan fingerprint density at radius 1 is 1.64 bits per heavy atom. The molecule has 58 valence electrons. The number of halogens is 2. The van der Waals surface area contributed by atoms with Crippen molar-refractivity contribution in [2.45, 2.75) is 4.83 Å². The van der Waals surface area contributed by atoms with Crippen LogP contribution in [0.15, 0.2) is 18.3 Å². The molecule has 1 aromatic rings. The Labute approximate surface area is 71.6 Å². The van der Waals surface area contributed by atoms with E-state index in [0.29, 0.717) is 12.0 Å². The molecule has 0 saturated carbocycles. The molecule has 0 bridgehead atoms. The van der Waals surface area contributed by atoms with E-state index in [2.05, 4.69) is 20.9 Å². The zero-order valence-corrected chi connectivity index (χ0v) is 7.08. The summed E-state index contributed by atoms with van der Waals surface area (Å²) in [6.07, 6.45) is 1.77. The van der Waals surface area contributed by atoms with Crippen molar-refractivity contribution in [1.82, 2.24) is 4.98 Å². The second-order valence-electron chi connectivity index (χ2n) is 1.94. The molecule has 0 aromatic carbocycles. The second kappa shape index (κ2) is 3.57. The summed E-state index contributed by atoms with van der Waals surface area (Å²) in [4.78, 5) is 13.5. The van der Waals surface area contributed by atoms with Gasteiger partial charge in [-0.15, -0.1) is 0 Å². The van der Waals surface area contributed by atoms with Gasteiger partial charge in [0.25, 0.3) is 0 Å². The van der Waals surface area contributed by atoms with Crippen LogP contribution in [0.4, 0.5) is 4.39 Å². The van der Waals surface area contributed by atoms with Crippen molar-refractivity contribution in [3.63, 3.8) is 0 Å². The minimum atomic E-state index is -0.442.